The number of halogens is 1. The summed E-state index contributed by atoms with van der Waals surface area (Å²) in [6.45, 7) is 1.58. The van der Waals surface area contributed by atoms with Crippen LogP contribution in [0.3, 0.4) is 0 Å². The molecule has 0 aliphatic rings. The molecule has 0 saturated carbocycles. The smallest absolute Gasteiger partial charge is 0.0890 e. The molecule has 3 rings (SSSR count). The Kier molecular flexibility index (Phi) is 3.87. The van der Waals surface area contributed by atoms with E-state index >= 15 is 0 Å². The molecule has 0 saturated heterocycles. The van der Waals surface area contributed by atoms with Crippen molar-refractivity contribution in [3.8, 4) is 0 Å². The van der Waals surface area contributed by atoms with Gasteiger partial charge in [0, 0.05) is 18.0 Å². The second-order valence-electron chi connectivity index (χ2n) is 4.16. The zero-order valence-electron chi connectivity index (χ0n) is 10.1. The van der Waals surface area contributed by atoms with Crippen LogP contribution < -0.4 is 5.32 Å². The number of nitrogens with one attached hydrogen (secondary N) is 1. The summed E-state index contributed by atoms with van der Waals surface area (Å²) in [6.07, 6.45) is 1.83. The Labute approximate surface area is 123 Å². The Morgan fingerprint density at radius 1 is 1.05 bits per heavy atom. The Hall–Kier alpha value is -1.30. The lowest BCUT2D eigenvalue weighted by Crippen LogP contribution is -2.13. The van der Waals surface area contributed by atoms with Crippen LogP contribution >= 0.6 is 27.3 Å². The largest absolute Gasteiger partial charge is 0.306 e. The molecule has 1 aromatic carbocycles. The van der Waals surface area contributed by atoms with E-state index in [4.69, 9.17) is 0 Å². The van der Waals surface area contributed by atoms with E-state index in [1.54, 1.807) is 11.3 Å². The minimum Gasteiger partial charge on any atom is -0.306 e. The van der Waals surface area contributed by atoms with Crippen molar-refractivity contribution in [1.82, 2.24) is 15.3 Å². The van der Waals surface area contributed by atoms with Gasteiger partial charge in [-0.15, -0.1) is 11.3 Å². The van der Waals surface area contributed by atoms with Crippen molar-refractivity contribution < 1.29 is 0 Å². The van der Waals surface area contributed by atoms with Gasteiger partial charge in [-0.2, -0.15) is 0 Å². The highest BCUT2D eigenvalue weighted by Gasteiger charge is 2.00. The third-order valence-corrected chi connectivity index (χ3v) is 4.36. The van der Waals surface area contributed by atoms with Crippen LogP contribution in [0.15, 0.2) is 46.4 Å². The van der Waals surface area contributed by atoms with Crippen LogP contribution in [0, 0.1) is 0 Å². The van der Waals surface area contributed by atoms with E-state index in [-0.39, 0.29) is 0 Å². The first-order valence-electron chi connectivity index (χ1n) is 5.97. The summed E-state index contributed by atoms with van der Waals surface area (Å²) in [5.74, 6) is 0. The second kappa shape index (κ2) is 5.77. The molecule has 0 bridgehead atoms. The highest BCUT2D eigenvalue weighted by molar-refractivity contribution is 9.11. The fourth-order valence-electron chi connectivity index (χ4n) is 1.84. The van der Waals surface area contributed by atoms with Crippen molar-refractivity contribution in [3.05, 3.63) is 57.0 Å². The van der Waals surface area contributed by atoms with Crippen molar-refractivity contribution in [2.75, 3.05) is 0 Å². The van der Waals surface area contributed by atoms with Gasteiger partial charge >= 0.3 is 0 Å². The maximum atomic E-state index is 4.58. The van der Waals surface area contributed by atoms with Gasteiger partial charge < -0.3 is 5.32 Å². The van der Waals surface area contributed by atoms with Crippen LogP contribution in [-0.2, 0) is 13.1 Å². The monoisotopic (exact) mass is 333 g/mol. The van der Waals surface area contributed by atoms with Crippen molar-refractivity contribution in [1.29, 1.82) is 0 Å². The van der Waals surface area contributed by atoms with Gasteiger partial charge in [0.15, 0.2) is 0 Å². The molecule has 2 aromatic heterocycles. The minimum atomic E-state index is 0.730. The number of para-hydroxylation sites is 2. The van der Waals surface area contributed by atoms with Crippen molar-refractivity contribution in [2.24, 2.45) is 0 Å². The van der Waals surface area contributed by atoms with Crippen molar-refractivity contribution in [3.63, 3.8) is 0 Å². The Morgan fingerprint density at radius 3 is 2.68 bits per heavy atom. The average molecular weight is 334 g/mol. The fourth-order valence-corrected chi connectivity index (χ4v) is 3.29. The molecule has 0 atom stereocenters. The van der Waals surface area contributed by atoms with E-state index in [9.17, 15) is 0 Å². The predicted octanol–water partition coefficient (Wildman–Crippen LogP) is 3.74. The van der Waals surface area contributed by atoms with E-state index in [0.717, 1.165) is 33.6 Å². The van der Waals surface area contributed by atoms with Gasteiger partial charge in [-0.1, -0.05) is 12.1 Å². The number of benzene rings is 1. The van der Waals surface area contributed by atoms with Crippen LogP contribution in [0.5, 0.6) is 0 Å². The molecule has 19 heavy (non-hydrogen) atoms. The summed E-state index contributed by atoms with van der Waals surface area (Å²) >= 11 is 5.21. The van der Waals surface area contributed by atoms with E-state index in [0.29, 0.717) is 0 Å². The summed E-state index contributed by atoms with van der Waals surface area (Å²) in [7, 11) is 0. The SMILES string of the molecule is Brc1ccc(CNCc2cnc3ccccc3n2)s1. The number of hydrogen-bond acceptors (Lipinski definition) is 4. The first kappa shape index (κ1) is 12.7. The standard InChI is InChI=1S/C14H12BrN3S/c15-14-6-5-11(19-14)9-16-7-10-8-17-12-3-1-2-4-13(12)18-10/h1-6,8,16H,7,9H2. The summed E-state index contributed by atoms with van der Waals surface area (Å²) in [5, 5.41) is 3.38. The Morgan fingerprint density at radius 2 is 1.89 bits per heavy atom. The topological polar surface area (TPSA) is 37.8 Å². The molecular weight excluding hydrogens is 322 g/mol. The minimum absolute atomic E-state index is 0.730. The van der Waals surface area contributed by atoms with Crippen molar-refractivity contribution >= 4 is 38.3 Å². The van der Waals surface area contributed by atoms with Crippen LogP contribution in [-0.4, -0.2) is 9.97 Å². The maximum Gasteiger partial charge on any atom is 0.0890 e. The molecule has 0 unspecified atom stereocenters. The van der Waals surface area contributed by atoms with Crippen LogP contribution in [0.2, 0.25) is 0 Å². The number of nitrogens with zero attached hydrogens (tertiary/aromatic N) is 2. The Balaban J connectivity index is 1.65. The third kappa shape index (κ3) is 3.18. The van der Waals surface area contributed by atoms with Gasteiger partial charge in [-0.3, -0.25) is 4.98 Å². The summed E-state index contributed by atoms with van der Waals surface area (Å²) in [5.41, 5.74) is 2.85. The molecule has 0 spiro atoms. The van der Waals surface area contributed by atoms with Crippen LogP contribution in [0.4, 0.5) is 0 Å². The second-order valence-corrected chi connectivity index (χ2v) is 6.71. The average Bonchev–Trinajstić information content (AvgIpc) is 2.84. The molecule has 1 N–H and O–H groups in total. The van der Waals surface area contributed by atoms with Crippen molar-refractivity contribution in [2.45, 2.75) is 13.1 Å². The molecule has 5 heteroatoms. The van der Waals surface area contributed by atoms with Crippen LogP contribution in [0.1, 0.15) is 10.6 Å². The third-order valence-electron chi connectivity index (χ3n) is 2.73. The fraction of sp³-hybridized carbons (Fsp3) is 0.143. The molecule has 0 radical (unpaired) electrons. The summed E-state index contributed by atoms with van der Waals surface area (Å²) in [4.78, 5) is 10.3. The number of rotatable bonds is 4. The lowest BCUT2D eigenvalue weighted by Gasteiger charge is -2.03. The molecule has 3 aromatic rings. The highest BCUT2D eigenvalue weighted by atomic mass is 79.9. The maximum absolute atomic E-state index is 4.58. The molecular formula is C14H12BrN3S. The molecule has 0 aliphatic carbocycles. The van der Waals surface area contributed by atoms with Gasteiger partial charge in [0.25, 0.3) is 0 Å². The predicted molar refractivity (Wildman–Crippen MR) is 82.1 cm³/mol. The van der Waals surface area contributed by atoms with E-state index in [1.165, 1.54) is 4.88 Å². The first-order chi connectivity index (χ1) is 9.31. The molecule has 0 amide bonds. The van der Waals surface area contributed by atoms with Gasteiger partial charge in [-0.05, 0) is 40.2 Å². The molecule has 0 aliphatic heterocycles. The summed E-state index contributed by atoms with van der Waals surface area (Å²) in [6, 6.07) is 12.1. The number of aromatic nitrogens is 2. The molecule has 96 valence electrons. The Bertz CT molecular complexity index is 696. The number of thiophene rings is 1. The molecule has 2 heterocycles. The zero-order valence-corrected chi connectivity index (χ0v) is 12.5. The quantitative estimate of drug-likeness (QED) is 0.790. The van der Waals surface area contributed by atoms with E-state index in [1.807, 2.05) is 30.5 Å². The lowest BCUT2D eigenvalue weighted by molar-refractivity contribution is 0.686. The molecule has 0 fully saturated rings. The highest BCUT2D eigenvalue weighted by Crippen LogP contribution is 2.21. The molecule has 3 nitrogen and oxygen atoms in total. The van der Waals surface area contributed by atoms with Gasteiger partial charge in [0.1, 0.15) is 0 Å². The summed E-state index contributed by atoms with van der Waals surface area (Å²) < 4.78 is 1.16. The van der Waals surface area contributed by atoms with Gasteiger partial charge in [0.05, 0.1) is 26.7 Å². The van der Waals surface area contributed by atoms with Gasteiger partial charge in [0.2, 0.25) is 0 Å². The normalized spacial score (nSPS) is 11.0. The zero-order chi connectivity index (χ0) is 13.1. The van der Waals surface area contributed by atoms with Crippen LogP contribution in [0.25, 0.3) is 11.0 Å². The first-order valence-corrected chi connectivity index (χ1v) is 7.58. The van der Waals surface area contributed by atoms with E-state index in [2.05, 4.69) is 43.3 Å². The number of fused-ring (bicyclic) bond motifs is 1. The van der Waals surface area contributed by atoms with E-state index < -0.39 is 0 Å². The lowest BCUT2D eigenvalue weighted by atomic mass is 10.3. The number of hydrogen-bond donors (Lipinski definition) is 1. The van der Waals surface area contributed by atoms with Gasteiger partial charge in [-0.25, -0.2) is 4.98 Å².